The van der Waals surface area contributed by atoms with Crippen LogP contribution in [0.2, 0.25) is 0 Å². The highest BCUT2D eigenvalue weighted by Gasteiger charge is 2.43. The number of anilines is 1. The molecule has 1 aromatic rings. The van der Waals surface area contributed by atoms with Gasteiger partial charge >= 0.3 is 11.7 Å². The molecule has 0 amide bonds. The van der Waals surface area contributed by atoms with Crippen LogP contribution < -0.4 is 5.32 Å². The third kappa shape index (κ3) is 2.43. The summed E-state index contributed by atoms with van der Waals surface area (Å²) >= 11 is 0. The summed E-state index contributed by atoms with van der Waals surface area (Å²) < 4.78 is 5.12. The predicted octanol–water partition coefficient (Wildman–Crippen LogP) is 2.25. The summed E-state index contributed by atoms with van der Waals surface area (Å²) in [6.07, 6.45) is 6.52. The Hall–Kier alpha value is -2.89. The molecule has 3 rings (SSSR count). The molecule has 1 aliphatic heterocycles. The van der Waals surface area contributed by atoms with E-state index in [0.29, 0.717) is 5.69 Å². The molecule has 0 radical (unpaired) electrons. The SMILES string of the molecule is O=C1O[C@H]2C=CC=C[C@H]2C(Nc2ccccc2)=C1[N+](=O)[O-]. The molecule has 21 heavy (non-hydrogen) atoms. The van der Waals surface area contributed by atoms with Gasteiger partial charge in [-0.3, -0.25) is 10.1 Å². The molecule has 0 saturated heterocycles. The molecule has 0 unspecified atom stereocenters. The van der Waals surface area contributed by atoms with Gasteiger partial charge in [0.15, 0.2) is 0 Å². The zero-order chi connectivity index (χ0) is 14.8. The first-order chi connectivity index (χ1) is 10.2. The molecule has 2 aliphatic rings. The Morgan fingerprint density at radius 3 is 2.57 bits per heavy atom. The average molecular weight is 284 g/mol. The van der Waals surface area contributed by atoms with E-state index < -0.39 is 22.7 Å². The van der Waals surface area contributed by atoms with Crippen molar-refractivity contribution in [1.29, 1.82) is 0 Å². The molecular formula is C15H12N2O4. The number of benzene rings is 1. The van der Waals surface area contributed by atoms with Crippen molar-refractivity contribution < 1.29 is 14.5 Å². The van der Waals surface area contributed by atoms with Gasteiger partial charge in [0.1, 0.15) is 11.8 Å². The highest BCUT2D eigenvalue weighted by Crippen LogP contribution is 2.32. The number of nitro groups is 1. The molecule has 0 saturated carbocycles. The van der Waals surface area contributed by atoms with Gasteiger partial charge in [-0.15, -0.1) is 0 Å². The van der Waals surface area contributed by atoms with E-state index in [1.165, 1.54) is 0 Å². The van der Waals surface area contributed by atoms with Crippen molar-refractivity contribution in [2.24, 2.45) is 5.92 Å². The topological polar surface area (TPSA) is 81.5 Å². The van der Waals surface area contributed by atoms with Crippen molar-refractivity contribution in [2.45, 2.75) is 6.10 Å². The molecule has 1 aromatic carbocycles. The number of para-hydroxylation sites is 1. The summed E-state index contributed by atoms with van der Waals surface area (Å²) in [7, 11) is 0. The van der Waals surface area contributed by atoms with E-state index in [4.69, 9.17) is 4.74 Å². The van der Waals surface area contributed by atoms with Crippen molar-refractivity contribution in [3.8, 4) is 0 Å². The lowest BCUT2D eigenvalue weighted by atomic mass is 9.90. The molecule has 2 atom stereocenters. The lowest BCUT2D eigenvalue weighted by Gasteiger charge is -2.30. The average Bonchev–Trinajstić information content (AvgIpc) is 2.47. The number of nitrogens with one attached hydrogen (secondary N) is 1. The van der Waals surface area contributed by atoms with E-state index in [-0.39, 0.29) is 11.6 Å². The monoisotopic (exact) mass is 284 g/mol. The van der Waals surface area contributed by atoms with Gasteiger partial charge in [-0.25, -0.2) is 4.79 Å². The van der Waals surface area contributed by atoms with Gasteiger partial charge in [0, 0.05) is 5.69 Å². The zero-order valence-corrected chi connectivity index (χ0v) is 10.9. The van der Waals surface area contributed by atoms with E-state index in [1.807, 2.05) is 18.2 Å². The first-order valence-corrected chi connectivity index (χ1v) is 6.43. The van der Waals surface area contributed by atoms with Gasteiger partial charge in [0.25, 0.3) is 0 Å². The number of carbonyl (C=O) groups is 1. The number of nitrogens with zero attached hydrogens (tertiary/aromatic N) is 1. The van der Waals surface area contributed by atoms with Crippen LogP contribution in [0.4, 0.5) is 5.69 Å². The number of esters is 1. The fourth-order valence-corrected chi connectivity index (χ4v) is 2.40. The second-order valence-electron chi connectivity index (χ2n) is 4.68. The molecule has 0 aromatic heterocycles. The predicted molar refractivity (Wildman–Crippen MR) is 75.7 cm³/mol. The minimum absolute atomic E-state index is 0.257. The van der Waals surface area contributed by atoms with E-state index in [2.05, 4.69) is 5.32 Å². The van der Waals surface area contributed by atoms with Crippen LogP contribution in [-0.2, 0) is 9.53 Å². The first-order valence-electron chi connectivity index (χ1n) is 6.43. The van der Waals surface area contributed by atoms with Crippen LogP contribution in [-0.4, -0.2) is 17.0 Å². The maximum atomic E-state index is 11.9. The summed E-state index contributed by atoms with van der Waals surface area (Å²) in [5, 5.41) is 14.2. The Morgan fingerprint density at radius 2 is 1.86 bits per heavy atom. The first kappa shape index (κ1) is 13.1. The van der Waals surface area contributed by atoms with Crippen LogP contribution >= 0.6 is 0 Å². The van der Waals surface area contributed by atoms with Crippen molar-refractivity contribution >= 4 is 11.7 Å². The van der Waals surface area contributed by atoms with Crippen molar-refractivity contribution in [2.75, 3.05) is 5.32 Å². The minimum atomic E-state index is -0.917. The number of hydrogen-bond donors (Lipinski definition) is 1. The Morgan fingerprint density at radius 1 is 1.14 bits per heavy atom. The van der Waals surface area contributed by atoms with Crippen molar-refractivity contribution in [3.63, 3.8) is 0 Å². The quantitative estimate of drug-likeness (QED) is 0.523. The van der Waals surface area contributed by atoms with Crippen molar-refractivity contribution in [1.82, 2.24) is 0 Å². The van der Waals surface area contributed by atoms with Crippen LogP contribution in [0.5, 0.6) is 0 Å². The second kappa shape index (κ2) is 5.24. The lowest BCUT2D eigenvalue weighted by Crippen LogP contribution is -2.38. The number of fused-ring (bicyclic) bond motifs is 1. The maximum Gasteiger partial charge on any atom is 0.412 e. The van der Waals surface area contributed by atoms with Gasteiger partial charge in [0.05, 0.1) is 10.8 Å². The molecule has 1 aliphatic carbocycles. The van der Waals surface area contributed by atoms with Crippen LogP contribution in [0, 0.1) is 16.0 Å². The summed E-state index contributed by atoms with van der Waals surface area (Å²) in [5.74, 6) is -1.30. The fraction of sp³-hybridized carbons (Fsp3) is 0.133. The van der Waals surface area contributed by atoms with Crippen LogP contribution in [0.25, 0.3) is 0 Å². The molecule has 6 heteroatoms. The molecule has 0 spiro atoms. The highest BCUT2D eigenvalue weighted by molar-refractivity contribution is 5.89. The number of allylic oxidation sites excluding steroid dienone is 2. The van der Waals surface area contributed by atoms with Gasteiger partial charge in [-0.1, -0.05) is 36.4 Å². The summed E-state index contributed by atoms with van der Waals surface area (Å²) in [5.41, 5.74) is 0.399. The molecule has 6 nitrogen and oxygen atoms in total. The standard InChI is InChI=1S/C15H12N2O4/c18-15-14(17(19)20)13(16-10-6-2-1-3-7-10)11-8-4-5-9-12(11)21-15/h1-9,11-12,16H/t11-,12+/m1/s1. The number of ether oxygens (including phenoxy) is 1. The minimum Gasteiger partial charge on any atom is -0.449 e. The Balaban J connectivity index is 2.06. The van der Waals surface area contributed by atoms with Gasteiger partial charge < -0.3 is 10.1 Å². The van der Waals surface area contributed by atoms with Crippen molar-refractivity contribution in [3.05, 3.63) is 76.1 Å². The second-order valence-corrected chi connectivity index (χ2v) is 4.68. The molecule has 1 heterocycles. The van der Waals surface area contributed by atoms with Gasteiger partial charge in [0.2, 0.25) is 0 Å². The molecule has 0 fully saturated rings. The van der Waals surface area contributed by atoms with Gasteiger partial charge in [-0.05, 0) is 18.2 Å². The number of hydrogen-bond acceptors (Lipinski definition) is 5. The van der Waals surface area contributed by atoms with E-state index in [1.54, 1.807) is 36.4 Å². The zero-order valence-electron chi connectivity index (χ0n) is 10.9. The molecule has 1 N–H and O–H groups in total. The Bertz CT molecular complexity index is 676. The molecular weight excluding hydrogens is 272 g/mol. The van der Waals surface area contributed by atoms with E-state index >= 15 is 0 Å². The number of rotatable bonds is 3. The number of carbonyl (C=O) groups excluding carboxylic acids is 1. The molecule has 0 bridgehead atoms. The van der Waals surface area contributed by atoms with E-state index in [9.17, 15) is 14.9 Å². The summed E-state index contributed by atoms with van der Waals surface area (Å²) in [6, 6.07) is 9.02. The normalized spacial score (nSPS) is 23.5. The van der Waals surface area contributed by atoms with Gasteiger partial charge in [-0.2, -0.15) is 0 Å². The van der Waals surface area contributed by atoms with E-state index in [0.717, 1.165) is 0 Å². The third-order valence-electron chi connectivity index (χ3n) is 3.34. The molecule has 106 valence electrons. The lowest BCUT2D eigenvalue weighted by molar-refractivity contribution is -0.424. The summed E-state index contributed by atoms with van der Waals surface area (Å²) in [6.45, 7) is 0. The van der Waals surface area contributed by atoms with Crippen LogP contribution in [0.1, 0.15) is 0 Å². The Kier molecular flexibility index (Phi) is 3.27. The maximum absolute atomic E-state index is 11.9. The van der Waals surface area contributed by atoms with Crippen LogP contribution in [0.15, 0.2) is 66.0 Å². The summed E-state index contributed by atoms with van der Waals surface area (Å²) in [4.78, 5) is 22.4. The Labute approximate surface area is 120 Å². The smallest absolute Gasteiger partial charge is 0.412 e. The van der Waals surface area contributed by atoms with Crippen LogP contribution in [0.3, 0.4) is 0 Å². The highest BCUT2D eigenvalue weighted by atomic mass is 16.6. The third-order valence-corrected chi connectivity index (χ3v) is 3.34. The largest absolute Gasteiger partial charge is 0.449 e. The fourth-order valence-electron chi connectivity index (χ4n) is 2.40.